The summed E-state index contributed by atoms with van der Waals surface area (Å²) in [6, 6.07) is 12.4. The lowest BCUT2D eigenvalue weighted by Gasteiger charge is -2.35. The van der Waals surface area contributed by atoms with Gasteiger partial charge in [0.1, 0.15) is 11.9 Å². The molecular formula is C46H57N9O6. The van der Waals surface area contributed by atoms with E-state index in [-0.39, 0.29) is 36.0 Å². The molecule has 1 atom stereocenters. The van der Waals surface area contributed by atoms with Crippen LogP contribution < -0.4 is 20.9 Å². The van der Waals surface area contributed by atoms with Crippen LogP contribution in [-0.4, -0.2) is 119 Å². The van der Waals surface area contributed by atoms with E-state index in [0.29, 0.717) is 75.7 Å². The number of likely N-dealkylation sites (tertiary alicyclic amines) is 1. The van der Waals surface area contributed by atoms with E-state index in [1.165, 1.54) is 6.08 Å². The van der Waals surface area contributed by atoms with Crippen LogP contribution in [0.3, 0.4) is 0 Å². The van der Waals surface area contributed by atoms with E-state index in [1.54, 1.807) is 35.6 Å². The summed E-state index contributed by atoms with van der Waals surface area (Å²) in [5.41, 5.74) is 3.81. The number of fused-ring (bicyclic) bond motifs is 1. The van der Waals surface area contributed by atoms with Crippen LogP contribution in [0.15, 0.2) is 67.1 Å². The van der Waals surface area contributed by atoms with E-state index in [9.17, 15) is 28.8 Å². The van der Waals surface area contributed by atoms with E-state index in [0.717, 1.165) is 87.1 Å². The summed E-state index contributed by atoms with van der Waals surface area (Å²) in [5, 5.41) is 8.75. The Bertz CT molecular complexity index is 2060. The molecule has 2 aromatic heterocycles. The van der Waals surface area contributed by atoms with E-state index >= 15 is 0 Å². The largest absolute Gasteiger partial charge is 0.385 e. The van der Waals surface area contributed by atoms with Gasteiger partial charge in [0.2, 0.25) is 23.6 Å². The van der Waals surface area contributed by atoms with Crippen LogP contribution in [0, 0.1) is 5.92 Å². The second kappa shape index (κ2) is 20.9. The van der Waals surface area contributed by atoms with Gasteiger partial charge in [0, 0.05) is 113 Å². The Balaban J connectivity index is 0.739. The van der Waals surface area contributed by atoms with Crippen molar-refractivity contribution in [1.82, 2.24) is 35.3 Å². The molecule has 0 bridgehead atoms. The first-order valence-electron chi connectivity index (χ1n) is 21.9. The molecule has 0 spiro atoms. The lowest BCUT2D eigenvalue weighted by molar-refractivity contribution is -0.137. The quantitative estimate of drug-likeness (QED) is 0.100. The predicted molar refractivity (Wildman–Crippen MR) is 231 cm³/mol. The smallest absolute Gasteiger partial charge is 0.255 e. The van der Waals surface area contributed by atoms with Crippen molar-refractivity contribution in [1.29, 1.82) is 0 Å². The average Bonchev–Trinajstić information content (AvgIpc) is 3.63. The summed E-state index contributed by atoms with van der Waals surface area (Å²) >= 11 is 0. The maximum atomic E-state index is 13.3. The van der Waals surface area contributed by atoms with Gasteiger partial charge in [-0.25, -0.2) is 4.98 Å². The minimum Gasteiger partial charge on any atom is -0.385 e. The van der Waals surface area contributed by atoms with Gasteiger partial charge in [-0.1, -0.05) is 31.4 Å². The number of anilines is 2. The highest BCUT2D eigenvalue weighted by Gasteiger charge is 2.40. The average molecular weight is 832 g/mol. The van der Waals surface area contributed by atoms with E-state index < -0.39 is 11.9 Å². The number of hydrogen-bond acceptors (Lipinski definition) is 10. The lowest BCUT2D eigenvalue weighted by atomic mass is 9.91. The van der Waals surface area contributed by atoms with Crippen LogP contribution in [0.25, 0.3) is 6.08 Å². The van der Waals surface area contributed by atoms with Gasteiger partial charge in [-0.15, -0.1) is 0 Å². The molecule has 3 fully saturated rings. The number of piperidine rings is 2. The number of nitrogens with one attached hydrogen (secondary N) is 3. The monoisotopic (exact) mass is 831 g/mol. The van der Waals surface area contributed by atoms with Crippen molar-refractivity contribution >= 4 is 53.0 Å². The number of carbonyl (C=O) groups is 6. The summed E-state index contributed by atoms with van der Waals surface area (Å²) in [4.78, 5) is 91.8. The molecule has 6 heterocycles. The van der Waals surface area contributed by atoms with Gasteiger partial charge in [-0.2, -0.15) is 0 Å². The van der Waals surface area contributed by atoms with Crippen molar-refractivity contribution in [3.8, 4) is 0 Å². The van der Waals surface area contributed by atoms with Crippen LogP contribution >= 0.6 is 0 Å². The second-order valence-electron chi connectivity index (χ2n) is 16.4. The molecule has 15 nitrogen and oxygen atoms in total. The van der Waals surface area contributed by atoms with Crippen molar-refractivity contribution in [3.63, 3.8) is 0 Å². The van der Waals surface area contributed by atoms with E-state index in [1.807, 2.05) is 46.2 Å². The molecule has 61 heavy (non-hydrogen) atoms. The Hall–Kier alpha value is -6.12. The number of benzene rings is 1. The number of amides is 6. The van der Waals surface area contributed by atoms with Crippen molar-refractivity contribution in [2.45, 2.75) is 83.2 Å². The summed E-state index contributed by atoms with van der Waals surface area (Å²) in [7, 11) is 0. The number of unbranched alkanes of at least 4 members (excludes halogenated alkanes) is 3. The number of aromatic nitrogens is 2. The normalized spacial score (nSPS) is 18.4. The van der Waals surface area contributed by atoms with Gasteiger partial charge in [0.15, 0.2) is 0 Å². The highest BCUT2D eigenvalue weighted by Crippen LogP contribution is 2.32. The Morgan fingerprint density at radius 1 is 0.820 bits per heavy atom. The number of imide groups is 1. The summed E-state index contributed by atoms with van der Waals surface area (Å²) < 4.78 is 0. The molecule has 0 aliphatic carbocycles. The van der Waals surface area contributed by atoms with Crippen LogP contribution in [0.4, 0.5) is 11.5 Å². The molecule has 1 aromatic carbocycles. The fourth-order valence-electron chi connectivity index (χ4n) is 8.68. The third-order valence-corrected chi connectivity index (χ3v) is 12.3. The molecule has 3 aromatic rings. The van der Waals surface area contributed by atoms with E-state index in [2.05, 4.69) is 30.8 Å². The number of nitrogens with zero attached hydrogens (tertiary/aromatic N) is 6. The van der Waals surface area contributed by atoms with Gasteiger partial charge < -0.3 is 30.2 Å². The lowest BCUT2D eigenvalue weighted by Crippen LogP contribution is -2.52. The molecule has 3 saturated heterocycles. The Kier molecular flexibility index (Phi) is 14.7. The first-order chi connectivity index (χ1) is 29.7. The number of rotatable bonds is 17. The zero-order chi connectivity index (χ0) is 42.6. The number of hydrogen-bond donors (Lipinski definition) is 3. The molecule has 0 radical (unpaired) electrons. The molecule has 0 saturated carbocycles. The van der Waals surface area contributed by atoms with Gasteiger partial charge in [0.25, 0.3) is 11.8 Å². The first-order valence-corrected chi connectivity index (χ1v) is 21.9. The maximum Gasteiger partial charge on any atom is 0.255 e. The summed E-state index contributed by atoms with van der Waals surface area (Å²) in [6.45, 7) is 5.77. The second-order valence-corrected chi connectivity index (χ2v) is 16.4. The molecule has 4 aliphatic heterocycles. The molecule has 6 amide bonds. The first kappa shape index (κ1) is 43.0. The van der Waals surface area contributed by atoms with E-state index in [4.69, 9.17) is 0 Å². The Morgan fingerprint density at radius 3 is 2.39 bits per heavy atom. The molecule has 15 heteroatoms. The van der Waals surface area contributed by atoms with Crippen LogP contribution in [-0.2, 0) is 25.7 Å². The van der Waals surface area contributed by atoms with Crippen molar-refractivity contribution in [3.05, 3.63) is 89.4 Å². The zero-order valence-electron chi connectivity index (χ0n) is 34.9. The summed E-state index contributed by atoms with van der Waals surface area (Å²) in [6.07, 6.45) is 17.0. The number of pyridine rings is 2. The van der Waals surface area contributed by atoms with Crippen LogP contribution in [0.2, 0.25) is 0 Å². The molecule has 4 aliphatic rings. The highest BCUT2D eigenvalue weighted by molar-refractivity contribution is 6.06. The minimum absolute atomic E-state index is 0.0178. The Morgan fingerprint density at radius 2 is 1.64 bits per heavy atom. The summed E-state index contributed by atoms with van der Waals surface area (Å²) in [5.74, 6) is 0.566. The maximum absolute atomic E-state index is 13.3. The Labute approximate surface area is 357 Å². The minimum atomic E-state index is -0.642. The standard InChI is InChI=1S/C46H57N9O6/c56-41(17-13-34-9-7-21-47-30-34)49-23-5-3-8-33-19-24-54(25-20-33)45(60)35-14-16-40(50-31-35)52-26-28-53(29-27-52)43(58)12-2-1-4-22-48-38-11-6-10-36-37(38)32-55(46(36)61)39-15-18-42(57)51-44(39)59/h6-7,9-11,13-14,16-17,21,30-31,33,39,48H,1-5,8,12,15,18-20,22-29,32H2,(H,49,56)(H,51,57,59)/b17-13+. The molecule has 322 valence electrons. The highest BCUT2D eigenvalue weighted by atomic mass is 16.2. The molecule has 1 unspecified atom stereocenters. The van der Waals surface area contributed by atoms with Crippen LogP contribution in [0.1, 0.15) is 102 Å². The molecule has 3 N–H and O–H groups in total. The third-order valence-electron chi connectivity index (χ3n) is 12.3. The van der Waals surface area contributed by atoms with Crippen molar-refractivity contribution < 1.29 is 28.8 Å². The molecular weight excluding hydrogens is 775 g/mol. The SMILES string of the molecule is O=C(/C=C/c1cccnc1)NCCCCC1CCN(C(=O)c2ccc(N3CCN(C(=O)CCCCCNc4cccc5c4CN(C4CCC(=O)NC4=O)C5=O)CC3)nc2)CC1. The van der Waals surface area contributed by atoms with Gasteiger partial charge >= 0.3 is 0 Å². The zero-order valence-corrected chi connectivity index (χ0v) is 34.9. The van der Waals surface area contributed by atoms with Gasteiger partial charge in [0.05, 0.1) is 5.56 Å². The van der Waals surface area contributed by atoms with Crippen molar-refractivity contribution in [2.75, 3.05) is 62.6 Å². The van der Waals surface area contributed by atoms with Crippen LogP contribution in [0.5, 0.6) is 0 Å². The number of carbonyl (C=O) groups excluding carboxylic acids is 6. The topological polar surface area (TPSA) is 177 Å². The fourth-order valence-corrected chi connectivity index (χ4v) is 8.68. The number of piperazine rings is 1. The predicted octanol–water partition coefficient (Wildman–Crippen LogP) is 4.41. The third kappa shape index (κ3) is 11.4. The molecule has 7 rings (SSSR count). The van der Waals surface area contributed by atoms with Gasteiger partial charge in [-0.05, 0) is 86.4 Å². The van der Waals surface area contributed by atoms with Crippen molar-refractivity contribution in [2.24, 2.45) is 5.92 Å². The fraction of sp³-hybridized carbons (Fsp3) is 0.478. The van der Waals surface area contributed by atoms with Gasteiger partial charge in [-0.3, -0.25) is 39.1 Å².